The number of nitrogens with zero attached hydrogens (tertiary/aromatic N) is 2. The summed E-state index contributed by atoms with van der Waals surface area (Å²) in [4.78, 5) is 28.7. The minimum Gasteiger partial charge on any atom is -0.493 e. The molecule has 1 aromatic carbocycles. The van der Waals surface area contributed by atoms with E-state index in [1.807, 2.05) is 32.0 Å². The molecule has 9 heteroatoms. The summed E-state index contributed by atoms with van der Waals surface area (Å²) in [7, 11) is 1.59. The Balaban J connectivity index is 2.03. The Kier molecular flexibility index (Phi) is 7.07. The lowest BCUT2D eigenvalue weighted by atomic mass is 10.2. The zero-order valence-corrected chi connectivity index (χ0v) is 15.3. The van der Waals surface area contributed by atoms with Gasteiger partial charge in [0.15, 0.2) is 17.5 Å². The van der Waals surface area contributed by atoms with Crippen molar-refractivity contribution in [2.45, 2.75) is 13.8 Å². The molecule has 1 aliphatic rings. The molecule has 0 bridgehead atoms. The van der Waals surface area contributed by atoms with Crippen LogP contribution in [0.25, 0.3) is 0 Å². The fraction of sp³-hybridized carbons (Fsp3) is 0.471. The van der Waals surface area contributed by atoms with Crippen molar-refractivity contribution in [3.8, 4) is 11.5 Å². The van der Waals surface area contributed by atoms with Crippen LogP contribution in [0.3, 0.4) is 0 Å². The molecular formula is C17H25N5O4. The van der Waals surface area contributed by atoms with Crippen LogP contribution in [0, 0.1) is 0 Å². The van der Waals surface area contributed by atoms with E-state index in [1.165, 1.54) is 0 Å². The highest BCUT2D eigenvalue weighted by Crippen LogP contribution is 2.30. The number of methoxy groups -OCH3 is 1. The molecule has 0 unspecified atom stereocenters. The zero-order chi connectivity index (χ0) is 18.9. The monoisotopic (exact) mass is 363 g/mol. The molecule has 2 rings (SSSR count). The molecule has 1 aromatic rings. The molecule has 0 aliphatic carbocycles. The van der Waals surface area contributed by atoms with Gasteiger partial charge in [0.05, 0.1) is 33.4 Å². The lowest BCUT2D eigenvalue weighted by Gasteiger charge is -2.15. The van der Waals surface area contributed by atoms with E-state index in [2.05, 4.69) is 20.9 Å². The van der Waals surface area contributed by atoms with Gasteiger partial charge in [-0.3, -0.25) is 14.7 Å². The molecule has 1 saturated heterocycles. The van der Waals surface area contributed by atoms with Crippen molar-refractivity contribution in [2.75, 3.05) is 45.2 Å². The van der Waals surface area contributed by atoms with Gasteiger partial charge in [0.1, 0.15) is 0 Å². The number of hydrogen-bond donors (Lipinski definition) is 3. The summed E-state index contributed by atoms with van der Waals surface area (Å²) in [5, 5.41) is 8.78. The van der Waals surface area contributed by atoms with E-state index in [4.69, 9.17) is 9.47 Å². The number of imide groups is 1. The maximum atomic E-state index is 11.6. The predicted molar refractivity (Wildman–Crippen MR) is 98.9 cm³/mol. The normalized spacial score (nSPS) is 14.3. The van der Waals surface area contributed by atoms with Gasteiger partial charge in [-0.25, -0.2) is 4.79 Å². The number of carbonyl (C=O) groups is 2. The molecule has 0 spiro atoms. The first kappa shape index (κ1) is 19.4. The highest BCUT2D eigenvalue weighted by Gasteiger charge is 2.27. The van der Waals surface area contributed by atoms with Crippen molar-refractivity contribution in [3.63, 3.8) is 0 Å². The first-order valence-electron chi connectivity index (χ1n) is 8.53. The van der Waals surface area contributed by atoms with E-state index < -0.39 is 0 Å². The van der Waals surface area contributed by atoms with E-state index in [0.717, 1.165) is 10.6 Å². The predicted octanol–water partition coefficient (Wildman–Crippen LogP) is 1.02. The molecule has 0 atom stereocenters. The molecule has 142 valence electrons. The van der Waals surface area contributed by atoms with Crippen LogP contribution in [0.15, 0.2) is 23.2 Å². The van der Waals surface area contributed by atoms with Crippen LogP contribution in [-0.4, -0.2) is 62.7 Å². The molecular weight excluding hydrogens is 338 g/mol. The van der Waals surface area contributed by atoms with Crippen molar-refractivity contribution in [1.82, 2.24) is 15.5 Å². The average Bonchev–Trinajstić information content (AvgIpc) is 2.94. The summed E-state index contributed by atoms with van der Waals surface area (Å²) in [6.45, 7) is 5.63. The third kappa shape index (κ3) is 5.01. The summed E-state index contributed by atoms with van der Waals surface area (Å²) < 4.78 is 10.8. The van der Waals surface area contributed by atoms with Crippen LogP contribution < -0.4 is 25.4 Å². The van der Waals surface area contributed by atoms with E-state index in [-0.39, 0.29) is 25.0 Å². The van der Waals surface area contributed by atoms with Gasteiger partial charge in [0.25, 0.3) is 0 Å². The third-order valence-corrected chi connectivity index (χ3v) is 3.60. The van der Waals surface area contributed by atoms with Crippen molar-refractivity contribution in [3.05, 3.63) is 18.2 Å². The Morgan fingerprint density at radius 2 is 2.12 bits per heavy atom. The second-order valence-corrected chi connectivity index (χ2v) is 5.39. The smallest absolute Gasteiger partial charge is 0.324 e. The summed E-state index contributed by atoms with van der Waals surface area (Å²) >= 11 is 0. The quantitative estimate of drug-likeness (QED) is 0.362. The van der Waals surface area contributed by atoms with E-state index in [1.54, 1.807) is 7.11 Å². The number of urea groups is 1. The fourth-order valence-corrected chi connectivity index (χ4v) is 2.41. The maximum absolute atomic E-state index is 11.6. The number of guanidine groups is 1. The molecule has 0 saturated carbocycles. The highest BCUT2D eigenvalue weighted by atomic mass is 16.5. The minimum atomic E-state index is -0.375. The number of ether oxygens (including phenoxy) is 2. The second-order valence-electron chi connectivity index (χ2n) is 5.39. The number of benzene rings is 1. The van der Waals surface area contributed by atoms with Gasteiger partial charge in [-0.15, -0.1) is 0 Å². The Morgan fingerprint density at radius 1 is 1.31 bits per heavy atom. The number of rotatable bonds is 8. The zero-order valence-electron chi connectivity index (χ0n) is 15.3. The van der Waals surface area contributed by atoms with Crippen LogP contribution >= 0.6 is 0 Å². The summed E-state index contributed by atoms with van der Waals surface area (Å²) in [5.74, 6) is 1.60. The summed E-state index contributed by atoms with van der Waals surface area (Å²) in [5.41, 5.74) is 0.781. The van der Waals surface area contributed by atoms with Crippen LogP contribution in [-0.2, 0) is 4.79 Å². The molecule has 0 aromatic heterocycles. The van der Waals surface area contributed by atoms with Crippen molar-refractivity contribution in [1.29, 1.82) is 0 Å². The van der Waals surface area contributed by atoms with Crippen molar-refractivity contribution >= 4 is 23.6 Å². The Labute approximate surface area is 152 Å². The number of nitrogens with one attached hydrogen (secondary N) is 3. The first-order valence-corrected chi connectivity index (χ1v) is 8.53. The van der Waals surface area contributed by atoms with Crippen LogP contribution in [0.1, 0.15) is 13.8 Å². The van der Waals surface area contributed by atoms with Gasteiger partial charge >= 0.3 is 6.03 Å². The molecule has 3 N–H and O–H groups in total. The standard InChI is InChI=1S/C17H25N5O4/c1-4-18-16(19-8-9-22-15(23)11-20-17(22)24)21-12-6-7-13(25-3)14(10-12)26-5-2/h6-7,10H,4-5,8-9,11H2,1-3H3,(H,20,24)(H2,18,19,21). The number of hydrogen-bond acceptors (Lipinski definition) is 5. The number of aliphatic imine (C=N–C) groups is 1. The molecule has 9 nitrogen and oxygen atoms in total. The largest absolute Gasteiger partial charge is 0.493 e. The molecule has 0 radical (unpaired) electrons. The summed E-state index contributed by atoms with van der Waals surface area (Å²) in [6, 6.07) is 5.11. The van der Waals surface area contributed by atoms with Gasteiger partial charge in [0.2, 0.25) is 5.91 Å². The van der Waals surface area contributed by atoms with Crippen LogP contribution in [0.4, 0.5) is 10.5 Å². The fourth-order valence-electron chi connectivity index (χ4n) is 2.41. The van der Waals surface area contributed by atoms with E-state index in [0.29, 0.717) is 37.2 Å². The first-order chi connectivity index (χ1) is 12.6. The summed E-state index contributed by atoms with van der Waals surface area (Å²) in [6.07, 6.45) is 0. The molecule has 1 heterocycles. The number of anilines is 1. The average molecular weight is 363 g/mol. The second kappa shape index (κ2) is 9.50. The minimum absolute atomic E-state index is 0.0485. The van der Waals surface area contributed by atoms with Crippen molar-refractivity contribution in [2.24, 2.45) is 4.99 Å². The maximum Gasteiger partial charge on any atom is 0.324 e. The van der Waals surface area contributed by atoms with Gasteiger partial charge in [-0.05, 0) is 26.0 Å². The lowest BCUT2D eigenvalue weighted by Crippen LogP contribution is -2.35. The Morgan fingerprint density at radius 3 is 2.73 bits per heavy atom. The molecule has 26 heavy (non-hydrogen) atoms. The lowest BCUT2D eigenvalue weighted by molar-refractivity contribution is -0.124. The third-order valence-electron chi connectivity index (χ3n) is 3.60. The van der Waals surface area contributed by atoms with E-state index in [9.17, 15) is 9.59 Å². The Hall–Kier alpha value is -2.97. The number of amides is 3. The Bertz CT molecular complexity index is 661. The van der Waals surface area contributed by atoms with Gasteiger partial charge in [-0.1, -0.05) is 0 Å². The molecule has 3 amide bonds. The SMILES string of the molecule is CCNC(=NCCN1C(=O)CNC1=O)Nc1ccc(OC)c(OCC)c1. The van der Waals surface area contributed by atoms with Gasteiger partial charge in [0, 0.05) is 18.3 Å². The van der Waals surface area contributed by atoms with Gasteiger partial charge < -0.3 is 25.4 Å². The van der Waals surface area contributed by atoms with Crippen molar-refractivity contribution < 1.29 is 19.1 Å². The van der Waals surface area contributed by atoms with Gasteiger partial charge in [-0.2, -0.15) is 0 Å². The van der Waals surface area contributed by atoms with Crippen LogP contribution in [0.5, 0.6) is 11.5 Å². The highest BCUT2D eigenvalue weighted by molar-refractivity contribution is 6.02. The van der Waals surface area contributed by atoms with Crippen LogP contribution in [0.2, 0.25) is 0 Å². The topological polar surface area (TPSA) is 104 Å². The number of carbonyl (C=O) groups excluding carboxylic acids is 2. The van der Waals surface area contributed by atoms with E-state index >= 15 is 0 Å². The molecule has 1 fully saturated rings. The molecule has 1 aliphatic heterocycles.